The van der Waals surface area contributed by atoms with Crippen LogP contribution in [0.15, 0.2) is 133 Å². The van der Waals surface area contributed by atoms with Crippen molar-refractivity contribution in [3.63, 3.8) is 0 Å². The first kappa shape index (κ1) is 24.3. The molecule has 0 aliphatic heterocycles. The molecule has 7 rings (SSSR count). The lowest BCUT2D eigenvalue weighted by atomic mass is 10.1. The topological polar surface area (TPSA) is 43.6 Å². The van der Waals surface area contributed by atoms with Gasteiger partial charge in [0.05, 0.1) is 11.0 Å². The molecule has 0 amide bonds. The summed E-state index contributed by atoms with van der Waals surface area (Å²) in [4.78, 5) is 14.5. The molecule has 0 bridgehead atoms. The summed E-state index contributed by atoms with van der Waals surface area (Å²) < 4.78 is 2.31. The summed E-state index contributed by atoms with van der Waals surface area (Å²) in [6.07, 6.45) is 0. The van der Waals surface area contributed by atoms with Gasteiger partial charge < -0.3 is 4.57 Å². The first-order chi connectivity index (χ1) is 19.3. The first-order valence-corrected chi connectivity index (χ1v) is 13.3. The number of benzene rings is 5. The van der Waals surface area contributed by atoms with E-state index in [4.69, 9.17) is 15.0 Å². The van der Waals surface area contributed by atoms with Gasteiger partial charge in [-0.05, 0) is 36.4 Å². The lowest BCUT2D eigenvalue weighted by molar-refractivity contribution is 1.07. The summed E-state index contributed by atoms with van der Waals surface area (Å²) in [6.45, 7) is 4.00. The zero-order valence-corrected chi connectivity index (χ0v) is 22.0. The highest BCUT2D eigenvalue weighted by molar-refractivity contribution is 6.09. The van der Waals surface area contributed by atoms with Crippen LogP contribution in [-0.4, -0.2) is 19.5 Å². The second-order valence-electron chi connectivity index (χ2n) is 8.95. The summed E-state index contributed by atoms with van der Waals surface area (Å²) in [7, 11) is 0. The van der Waals surface area contributed by atoms with Crippen molar-refractivity contribution in [2.24, 2.45) is 0 Å². The van der Waals surface area contributed by atoms with E-state index in [0.717, 1.165) is 22.4 Å². The average molecular weight is 505 g/mol. The van der Waals surface area contributed by atoms with Crippen molar-refractivity contribution in [2.45, 2.75) is 13.8 Å². The molecular weight excluding hydrogens is 476 g/mol. The monoisotopic (exact) mass is 504 g/mol. The van der Waals surface area contributed by atoms with E-state index < -0.39 is 0 Å². The second-order valence-corrected chi connectivity index (χ2v) is 8.95. The molecule has 4 nitrogen and oxygen atoms in total. The SMILES string of the molecule is CC.c1ccc(-c2nc(-c3ccccc3)nc(-c3ccc(-n4c5ccccc5c5ccccc54)cc3)n2)cc1. The van der Waals surface area contributed by atoms with E-state index in [1.807, 2.05) is 74.5 Å². The van der Waals surface area contributed by atoms with E-state index in [1.165, 1.54) is 21.8 Å². The van der Waals surface area contributed by atoms with Gasteiger partial charge in [0.25, 0.3) is 0 Å². The predicted molar refractivity (Wildman–Crippen MR) is 162 cm³/mol. The van der Waals surface area contributed by atoms with Gasteiger partial charge in [0.15, 0.2) is 17.5 Å². The van der Waals surface area contributed by atoms with Crippen LogP contribution in [0.5, 0.6) is 0 Å². The van der Waals surface area contributed by atoms with Crippen LogP contribution < -0.4 is 0 Å². The molecule has 0 saturated heterocycles. The maximum Gasteiger partial charge on any atom is 0.164 e. The highest BCUT2D eigenvalue weighted by atomic mass is 15.0. The number of hydrogen-bond acceptors (Lipinski definition) is 3. The lowest BCUT2D eigenvalue weighted by Gasteiger charge is -2.10. The van der Waals surface area contributed by atoms with E-state index in [-0.39, 0.29) is 0 Å². The average Bonchev–Trinajstić information content (AvgIpc) is 3.37. The largest absolute Gasteiger partial charge is 0.309 e. The van der Waals surface area contributed by atoms with Gasteiger partial charge in [-0.15, -0.1) is 0 Å². The third-order valence-corrected chi connectivity index (χ3v) is 6.66. The predicted octanol–water partition coefficient (Wildman–Crippen LogP) is 9.00. The Balaban J connectivity index is 0.00000135. The molecule has 0 N–H and O–H groups in total. The Morgan fingerprint density at radius 3 is 1.18 bits per heavy atom. The minimum Gasteiger partial charge on any atom is -0.309 e. The van der Waals surface area contributed by atoms with Crippen LogP contribution in [0.25, 0.3) is 61.7 Å². The standard InChI is InChI=1S/C33H22N4.C2H6/c1-3-11-23(12-4-1)31-34-32(24-13-5-2-6-14-24)36-33(35-31)25-19-21-26(22-20-25)37-29-17-9-7-15-27(29)28-16-8-10-18-30(28)37;1-2/h1-22H;1-2H3. The number of nitrogens with zero attached hydrogens (tertiary/aromatic N) is 4. The number of aromatic nitrogens is 4. The maximum absolute atomic E-state index is 4.86. The van der Waals surface area contributed by atoms with Crippen LogP contribution in [0.4, 0.5) is 0 Å². The highest BCUT2D eigenvalue weighted by Crippen LogP contribution is 2.32. The van der Waals surface area contributed by atoms with E-state index in [0.29, 0.717) is 17.5 Å². The van der Waals surface area contributed by atoms with Crippen molar-refractivity contribution in [2.75, 3.05) is 0 Å². The van der Waals surface area contributed by atoms with E-state index in [1.54, 1.807) is 0 Å². The number of para-hydroxylation sites is 2. The van der Waals surface area contributed by atoms with Gasteiger partial charge in [0, 0.05) is 33.2 Å². The zero-order chi connectivity index (χ0) is 26.6. The Hall–Kier alpha value is -5.09. The van der Waals surface area contributed by atoms with Crippen LogP contribution in [-0.2, 0) is 0 Å². The van der Waals surface area contributed by atoms with Crippen molar-refractivity contribution in [1.82, 2.24) is 19.5 Å². The summed E-state index contributed by atoms with van der Waals surface area (Å²) in [5, 5.41) is 2.50. The van der Waals surface area contributed by atoms with E-state index in [9.17, 15) is 0 Å². The first-order valence-electron chi connectivity index (χ1n) is 13.3. The fraction of sp³-hybridized carbons (Fsp3) is 0.0571. The van der Waals surface area contributed by atoms with Gasteiger partial charge >= 0.3 is 0 Å². The molecule has 39 heavy (non-hydrogen) atoms. The molecule has 0 unspecified atom stereocenters. The number of rotatable bonds is 4. The summed E-state index contributed by atoms with van der Waals surface area (Å²) in [5.41, 5.74) is 6.35. The summed E-state index contributed by atoms with van der Waals surface area (Å²) in [6, 6.07) is 45.7. The molecule has 0 radical (unpaired) electrons. The van der Waals surface area contributed by atoms with Crippen molar-refractivity contribution in [1.29, 1.82) is 0 Å². The molecule has 0 aliphatic carbocycles. The molecule has 0 atom stereocenters. The molecule has 0 fully saturated rings. The van der Waals surface area contributed by atoms with Gasteiger partial charge in [0.2, 0.25) is 0 Å². The van der Waals surface area contributed by atoms with Crippen molar-refractivity contribution < 1.29 is 0 Å². The second kappa shape index (κ2) is 10.7. The minimum absolute atomic E-state index is 0.654. The lowest BCUT2D eigenvalue weighted by Crippen LogP contribution is -2.00. The van der Waals surface area contributed by atoms with Crippen LogP contribution in [0.3, 0.4) is 0 Å². The van der Waals surface area contributed by atoms with E-state index >= 15 is 0 Å². The van der Waals surface area contributed by atoms with Crippen LogP contribution in [0, 0.1) is 0 Å². The summed E-state index contributed by atoms with van der Waals surface area (Å²) >= 11 is 0. The van der Waals surface area contributed by atoms with Crippen molar-refractivity contribution in [3.05, 3.63) is 133 Å². The fourth-order valence-corrected chi connectivity index (χ4v) is 4.90. The highest BCUT2D eigenvalue weighted by Gasteiger charge is 2.14. The van der Waals surface area contributed by atoms with Gasteiger partial charge in [-0.25, -0.2) is 15.0 Å². The Kier molecular flexibility index (Phi) is 6.67. The van der Waals surface area contributed by atoms with Gasteiger partial charge in [-0.2, -0.15) is 0 Å². The van der Waals surface area contributed by atoms with Crippen LogP contribution in [0.1, 0.15) is 13.8 Å². The molecule has 0 aliphatic rings. The Bertz CT molecular complexity index is 1740. The zero-order valence-electron chi connectivity index (χ0n) is 22.0. The molecular formula is C35H28N4. The molecule has 2 aromatic heterocycles. The van der Waals surface area contributed by atoms with Gasteiger partial charge in [-0.1, -0.05) is 111 Å². The molecule has 0 spiro atoms. The third kappa shape index (κ3) is 4.57. The number of fused-ring (bicyclic) bond motifs is 3. The molecule has 2 heterocycles. The third-order valence-electron chi connectivity index (χ3n) is 6.66. The Labute approximate surface area is 228 Å². The Morgan fingerprint density at radius 1 is 0.385 bits per heavy atom. The van der Waals surface area contributed by atoms with Crippen LogP contribution in [0.2, 0.25) is 0 Å². The molecule has 7 aromatic rings. The minimum atomic E-state index is 0.654. The molecule has 188 valence electrons. The maximum atomic E-state index is 4.86. The normalized spacial score (nSPS) is 10.8. The molecule has 0 saturated carbocycles. The van der Waals surface area contributed by atoms with Crippen molar-refractivity contribution >= 4 is 21.8 Å². The van der Waals surface area contributed by atoms with Crippen LogP contribution >= 0.6 is 0 Å². The van der Waals surface area contributed by atoms with Crippen molar-refractivity contribution in [3.8, 4) is 39.9 Å². The smallest absolute Gasteiger partial charge is 0.164 e. The Morgan fingerprint density at radius 2 is 0.744 bits per heavy atom. The number of hydrogen-bond donors (Lipinski definition) is 0. The van der Waals surface area contributed by atoms with Gasteiger partial charge in [-0.3, -0.25) is 0 Å². The van der Waals surface area contributed by atoms with Gasteiger partial charge in [0.1, 0.15) is 0 Å². The quantitative estimate of drug-likeness (QED) is 0.240. The fourth-order valence-electron chi connectivity index (χ4n) is 4.90. The van der Waals surface area contributed by atoms with E-state index in [2.05, 4.69) is 77.4 Å². The molecule has 5 aromatic carbocycles. The summed E-state index contributed by atoms with van der Waals surface area (Å²) in [5.74, 6) is 1.98. The molecule has 4 heteroatoms.